The minimum Gasteiger partial charge on any atom is -0.394 e. The number of carbonyl (C=O) groups is 1. The van der Waals surface area contributed by atoms with E-state index in [0.717, 1.165) is 25.7 Å². The van der Waals surface area contributed by atoms with Gasteiger partial charge >= 0.3 is 0 Å². The van der Waals surface area contributed by atoms with Gasteiger partial charge in [0.1, 0.15) is 5.60 Å². The third-order valence-electron chi connectivity index (χ3n) is 4.76. The Labute approximate surface area is 146 Å². The molecule has 0 spiro atoms. The fraction of sp³-hybridized carbons (Fsp3) is 0.842. The van der Waals surface area contributed by atoms with Gasteiger partial charge in [-0.3, -0.25) is 4.79 Å². The Balaban J connectivity index is 2.25. The second kappa shape index (κ2) is 11.6. The quantitative estimate of drug-likeness (QED) is 0.324. The van der Waals surface area contributed by atoms with Crippen LogP contribution >= 0.6 is 0 Å². The molecule has 1 amide bonds. The summed E-state index contributed by atoms with van der Waals surface area (Å²) in [6.45, 7) is 1.95. The van der Waals surface area contributed by atoms with E-state index in [1.165, 1.54) is 25.7 Å². The highest BCUT2D eigenvalue weighted by Gasteiger charge is 2.37. The molecule has 0 fully saturated rings. The van der Waals surface area contributed by atoms with Gasteiger partial charge in [-0.2, -0.15) is 0 Å². The van der Waals surface area contributed by atoms with Crippen molar-refractivity contribution in [3.05, 3.63) is 12.2 Å². The molecule has 5 heteroatoms. The van der Waals surface area contributed by atoms with Crippen LogP contribution in [0.25, 0.3) is 0 Å². The van der Waals surface area contributed by atoms with Crippen LogP contribution in [0.1, 0.15) is 77.6 Å². The second-order valence-corrected chi connectivity index (χ2v) is 7.01. The summed E-state index contributed by atoms with van der Waals surface area (Å²) in [5, 5.41) is 32.7. The number of allylic oxidation sites excluding steroid dienone is 1. The lowest BCUT2D eigenvalue weighted by Gasteiger charge is -2.35. The van der Waals surface area contributed by atoms with Gasteiger partial charge < -0.3 is 20.6 Å². The first-order valence-corrected chi connectivity index (χ1v) is 9.50. The average Bonchev–Trinajstić information content (AvgIpc) is 2.56. The maximum atomic E-state index is 12.0. The van der Waals surface area contributed by atoms with Crippen molar-refractivity contribution in [1.82, 2.24) is 5.32 Å². The van der Waals surface area contributed by atoms with Gasteiger partial charge in [0.05, 0.1) is 18.8 Å². The van der Waals surface area contributed by atoms with Gasteiger partial charge in [0.15, 0.2) is 0 Å². The molecular formula is C19H35NO4. The number of carbonyl (C=O) groups excluding carboxylic acids is 1. The monoisotopic (exact) mass is 341 g/mol. The largest absolute Gasteiger partial charge is 0.394 e. The summed E-state index contributed by atoms with van der Waals surface area (Å²) >= 11 is 0. The number of unbranched alkanes of at least 4 members (excludes halogenated alkanes) is 6. The zero-order chi connectivity index (χ0) is 17.8. The van der Waals surface area contributed by atoms with Crippen molar-refractivity contribution >= 4 is 5.91 Å². The predicted octanol–water partition coefficient (Wildman–Crippen LogP) is 2.44. The first-order valence-electron chi connectivity index (χ1n) is 9.50. The minimum atomic E-state index is -1.36. The molecule has 3 atom stereocenters. The van der Waals surface area contributed by atoms with Crippen LogP contribution in [0.5, 0.6) is 0 Å². The fourth-order valence-electron chi connectivity index (χ4n) is 3.21. The van der Waals surface area contributed by atoms with E-state index in [2.05, 4.69) is 12.2 Å². The summed E-state index contributed by atoms with van der Waals surface area (Å²) in [6.07, 6.45) is 12.5. The van der Waals surface area contributed by atoms with Gasteiger partial charge in [0.2, 0.25) is 5.91 Å². The van der Waals surface area contributed by atoms with E-state index in [9.17, 15) is 20.1 Å². The Morgan fingerprint density at radius 2 is 1.92 bits per heavy atom. The molecule has 0 heterocycles. The summed E-state index contributed by atoms with van der Waals surface area (Å²) in [4.78, 5) is 12.0. The Bertz CT molecular complexity index is 386. The van der Waals surface area contributed by atoms with E-state index >= 15 is 0 Å². The highest BCUT2D eigenvalue weighted by Crippen LogP contribution is 2.27. The SMILES string of the molecule is CCCCCCCCCC(=O)NC(CO)C[C@]1(O)C=CCC[C@@H]1O. The molecule has 0 saturated carbocycles. The van der Waals surface area contributed by atoms with Crippen molar-refractivity contribution < 1.29 is 20.1 Å². The Kier molecular flexibility index (Phi) is 10.2. The van der Waals surface area contributed by atoms with E-state index < -0.39 is 17.7 Å². The molecule has 1 rings (SSSR count). The lowest BCUT2D eigenvalue weighted by atomic mass is 9.83. The van der Waals surface area contributed by atoms with Gasteiger partial charge in [-0.15, -0.1) is 0 Å². The molecule has 4 N–H and O–H groups in total. The van der Waals surface area contributed by atoms with Crippen molar-refractivity contribution in [3.63, 3.8) is 0 Å². The molecule has 5 nitrogen and oxygen atoms in total. The van der Waals surface area contributed by atoms with Gasteiger partial charge in [0.25, 0.3) is 0 Å². The molecular weight excluding hydrogens is 306 g/mol. The third kappa shape index (κ3) is 7.77. The van der Waals surface area contributed by atoms with Crippen molar-refractivity contribution in [2.75, 3.05) is 6.61 Å². The second-order valence-electron chi connectivity index (χ2n) is 7.01. The molecule has 0 aromatic heterocycles. The van der Waals surface area contributed by atoms with E-state index in [4.69, 9.17) is 0 Å². The third-order valence-corrected chi connectivity index (χ3v) is 4.76. The number of aliphatic hydroxyl groups excluding tert-OH is 2. The standard InChI is InChI=1S/C19H35NO4/c1-2-3-4-5-6-7-8-12-18(23)20-16(15-21)14-19(24)13-10-9-11-17(19)22/h10,13,16-17,21-22,24H,2-9,11-12,14-15H2,1H3,(H,20,23)/t16?,17-,19+/m0/s1. The smallest absolute Gasteiger partial charge is 0.220 e. The van der Waals surface area contributed by atoms with Crippen LogP contribution in [0.4, 0.5) is 0 Å². The summed E-state index contributed by atoms with van der Waals surface area (Å²) in [5.41, 5.74) is -1.36. The Hall–Kier alpha value is -0.910. The molecule has 1 unspecified atom stereocenters. The first kappa shape index (κ1) is 21.1. The molecule has 0 aromatic rings. The lowest BCUT2D eigenvalue weighted by Crippen LogP contribution is -2.50. The molecule has 0 aliphatic heterocycles. The van der Waals surface area contributed by atoms with Crippen LogP contribution in [-0.2, 0) is 4.79 Å². The normalized spacial score (nSPS) is 24.8. The predicted molar refractivity (Wildman–Crippen MR) is 95.6 cm³/mol. The van der Waals surface area contributed by atoms with Crippen LogP contribution in [0.3, 0.4) is 0 Å². The number of hydrogen-bond donors (Lipinski definition) is 4. The first-order chi connectivity index (χ1) is 11.5. The van der Waals surface area contributed by atoms with Crippen LogP contribution in [-0.4, -0.2) is 45.6 Å². The van der Waals surface area contributed by atoms with Crippen LogP contribution < -0.4 is 5.32 Å². The molecule has 0 aromatic carbocycles. The van der Waals surface area contributed by atoms with Gasteiger partial charge in [0, 0.05) is 12.8 Å². The van der Waals surface area contributed by atoms with Crippen LogP contribution in [0.2, 0.25) is 0 Å². The number of rotatable bonds is 12. The van der Waals surface area contributed by atoms with Crippen molar-refractivity contribution in [2.24, 2.45) is 0 Å². The van der Waals surface area contributed by atoms with E-state index in [1.807, 2.05) is 6.08 Å². The minimum absolute atomic E-state index is 0.0968. The van der Waals surface area contributed by atoms with Crippen molar-refractivity contribution in [2.45, 2.75) is 95.3 Å². The lowest BCUT2D eigenvalue weighted by molar-refractivity contribution is -0.123. The van der Waals surface area contributed by atoms with Gasteiger partial charge in [-0.1, -0.05) is 57.6 Å². The van der Waals surface area contributed by atoms with E-state index in [-0.39, 0.29) is 18.9 Å². The molecule has 1 aliphatic rings. The number of amides is 1. The highest BCUT2D eigenvalue weighted by molar-refractivity contribution is 5.76. The fourth-order valence-corrected chi connectivity index (χ4v) is 3.21. The number of hydrogen-bond acceptors (Lipinski definition) is 4. The molecule has 0 bridgehead atoms. The highest BCUT2D eigenvalue weighted by atomic mass is 16.3. The Morgan fingerprint density at radius 3 is 2.54 bits per heavy atom. The van der Waals surface area contributed by atoms with E-state index in [0.29, 0.717) is 12.8 Å². The summed E-state index contributed by atoms with van der Waals surface area (Å²) in [7, 11) is 0. The molecule has 0 saturated heterocycles. The molecule has 24 heavy (non-hydrogen) atoms. The van der Waals surface area contributed by atoms with Crippen molar-refractivity contribution in [1.29, 1.82) is 0 Å². The Morgan fingerprint density at radius 1 is 1.25 bits per heavy atom. The van der Waals surface area contributed by atoms with Gasteiger partial charge in [-0.25, -0.2) is 0 Å². The van der Waals surface area contributed by atoms with Gasteiger partial charge in [-0.05, 0) is 19.3 Å². The molecule has 1 aliphatic carbocycles. The summed E-state index contributed by atoms with van der Waals surface area (Å²) < 4.78 is 0. The molecule has 140 valence electrons. The zero-order valence-corrected chi connectivity index (χ0v) is 15.0. The van der Waals surface area contributed by atoms with Crippen LogP contribution in [0.15, 0.2) is 12.2 Å². The maximum absolute atomic E-state index is 12.0. The average molecular weight is 341 g/mol. The topological polar surface area (TPSA) is 89.8 Å². The zero-order valence-electron chi connectivity index (χ0n) is 15.0. The summed E-state index contributed by atoms with van der Waals surface area (Å²) in [6, 6.07) is -0.538. The molecule has 0 radical (unpaired) electrons. The summed E-state index contributed by atoms with van der Waals surface area (Å²) in [5.74, 6) is -0.0968. The number of nitrogens with one attached hydrogen (secondary N) is 1. The van der Waals surface area contributed by atoms with E-state index in [1.54, 1.807) is 6.08 Å². The number of aliphatic hydroxyl groups is 3. The van der Waals surface area contributed by atoms with Crippen molar-refractivity contribution in [3.8, 4) is 0 Å². The van der Waals surface area contributed by atoms with Crippen LogP contribution in [0, 0.1) is 0 Å². The maximum Gasteiger partial charge on any atom is 0.220 e.